The summed E-state index contributed by atoms with van der Waals surface area (Å²) in [6.45, 7) is 3.41. The maximum Gasteiger partial charge on any atom is 0.307 e. The standard InChI is InChI=1S/C9H16ClNO4S/c1-3-15-9(12)6-7(11)5-8(10)16(13,14)4-2/h5,7H,3-4,6,11H2,1-2H3/t7-/m1/s1. The summed E-state index contributed by atoms with van der Waals surface area (Å²) in [5, 5.41) is 0. The van der Waals surface area contributed by atoms with Crippen LogP contribution in [0.25, 0.3) is 0 Å². The minimum atomic E-state index is -3.45. The highest BCUT2D eigenvalue weighted by atomic mass is 35.5. The van der Waals surface area contributed by atoms with Gasteiger partial charge in [-0.2, -0.15) is 0 Å². The van der Waals surface area contributed by atoms with Crippen molar-refractivity contribution in [3.63, 3.8) is 0 Å². The van der Waals surface area contributed by atoms with Gasteiger partial charge in [0.05, 0.1) is 18.8 Å². The van der Waals surface area contributed by atoms with Gasteiger partial charge in [-0.25, -0.2) is 8.42 Å². The Hall–Kier alpha value is -0.590. The second kappa shape index (κ2) is 6.88. The number of ether oxygens (including phenoxy) is 1. The number of esters is 1. The number of halogens is 1. The molecular formula is C9H16ClNO4S. The molecule has 0 radical (unpaired) electrons. The second-order valence-electron chi connectivity index (χ2n) is 3.05. The molecule has 0 aliphatic carbocycles. The number of hydrogen-bond donors (Lipinski definition) is 1. The van der Waals surface area contributed by atoms with E-state index < -0.39 is 21.8 Å². The van der Waals surface area contributed by atoms with Crippen molar-refractivity contribution in [2.45, 2.75) is 26.3 Å². The lowest BCUT2D eigenvalue weighted by atomic mass is 10.2. The van der Waals surface area contributed by atoms with Crippen LogP contribution in [-0.2, 0) is 19.4 Å². The first-order valence-corrected chi connectivity index (χ1v) is 6.87. The number of hydrogen-bond acceptors (Lipinski definition) is 5. The average Bonchev–Trinajstić information content (AvgIpc) is 2.17. The molecule has 0 aromatic heterocycles. The number of carbonyl (C=O) groups is 1. The lowest BCUT2D eigenvalue weighted by Crippen LogP contribution is -2.23. The predicted molar refractivity (Wildman–Crippen MR) is 62.6 cm³/mol. The fraction of sp³-hybridized carbons (Fsp3) is 0.667. The van der Waals surface area contributed by atoms with Crippen molar-refractivity contribution in [3.8, 4) is 0 Å². The Balaban J connectivity index is 4.49. The Morgan fingerprint density at radius 2 is 2.06 bits per heavy atom. The Labute approximate surface area is 101 Å². The van der Waals surface area contributed by atoms with Crippen LogP contribution in [0.1, 0.15) is 20.3 Å². The summed E-state index contributed by atoms with van der Waals surface area (Å²) >= 11 is 5.57. The van der Waals surface area contributed by atoms with Crippen LogP contribution < -0.4 is 5.73 Å². The molecule has 0 heterocycles. The molecule has 0 amide bonds. The summed E-state index contributed by atoms with van der Waals surface area (Å²) in [5.74, 6) is -0.585. The molecule has 0 unspecified atom stereocenters. The molecule has 0 rings (SSSR count). The highest BCUT2D eigenvalue weighted by Crippen LogP contribution is 2.13. The fourth-order valence-electron chi connectivity index (χ4n) is 0.881. The van der Waals surface area contributed by atoms with Crippen LogP contribution in [-0.4, -0.2) is 32.8 Å². The molecule has 16 heavy (non-hydrogen) atoms. The van der Waals surface area contributed by atoms with E-state index in [2.05, 4.69) is 4.74 Å². The van der Waals surface area contributed by atoms with E-state index >= 15 is 0 Å². The van der Waals surface area contributed by atoms with Gasteiger partial charge in [-0.1, -0.05) is 18.5 Å². The van der Waals surface area contributed by atoms with Gasteiger partial charge in [-0.3, -0.25) is 4.79 Å². The number of nitrogens with two attached hydrogens (primary N) is 1. The lowest BCUT2D eigenvalue weighted by molar-refractivity contribution is -0.143. The van der Waals surface area contributed by atoms with E-state index in [1.807, 2.05) is 0 Å². The van der Waals surface area contributed by atoms with E-state index in [1.54, 1.807) is 6.92 Å². The van der Waals surface area contributed by atoms with Gasteiger partial charge in [0.15, 0.2) is 9.84 Å². The average molecular weight is 270 g/mol. The Bertz CT molecular complexity index is 364. The zero-order valence-electron chi connectivity index (χ0n) is 9.27. The Morgan fingerprint density at radius 1 is 1.50 bits per heavy atom. The summed E-state index contributed by atoms with van der Waals surface area (Å²) in [6, 6.07) is -0.757. The van der Waals surface area contributed by atoms with Crippen LogP contribution in [0.5, 0.6) is 0 Å². The number of rotatable bonds is 6. The summed E-state index contributed by atoms with van der Waals surface area (Å²) in [4.78, 5) is 11.0. The first-order chi connectivity index (χ1) is 7.33. The van der Waals surface area contributed by atoms with E-state index in [-0.39, 0.29) is 23.1 Å². The minimum Gasteiger partial charge on any atom is -0.466 e. The van der Waals surface area contributed by atoms with E-state index in [1.165, 1.54) is 6.92 Å². The molecule has 0 aromatic rings. The third kappa shape index (κ3) is 5.48. The van der Waals surface area contributed by atoms with Gasteiger partial charge >= 0.3 is 5.97 Å². The molecule has 0 aliphatic heterocycles. The molecule has 1 atom stereocenters. The van der Waals surface area contributed by atoms with Crippen molar-refractivity contribution in [2.75, 3.05) is 12.4 Å². The van der Waals surface area contributed by atoms with Gasteiger partial charge in [0.2, 0.25) is 0 Å². The first-order valence-electron chi connectivity index (χ1n) is 4.84. The first kappa shape index (κ1) is 15.4. The summed E-state index contributed by atoms with van der Waals surface area (Å²) in [5.41, 5.74) is 5.53. The zero-order chi connectivity index (χ0) is 12.8. The van der Waals surface area contributed by atoms with Crippen molar-refractivity contribution < 1.29 is 17.9 Å². The molecule has 0 spiro atoms. The Kier molecular flexibility index (Phi) is 6.62. The molecule has 0 aliphatic rings. The fourth-order valence-corrected chi connectivity index (χ4v) is 2.03. The monoisotopic (exact) mass is 269 g/mol. The van der Waals surface area contributed by atoms with Crippen molar-refractivity contribution in [3.05, 3.63) is 10.4 Å². The zero-order valence-corrected chi connectivity index (χ0v) is 10.8. The van der Waals surface area contributed by atoms with E-state index in [4.69, 9.17) is 17.3 Å². The third-order valence-electron chi connectivity index (χ3n) is 1.73. The largest absolute Gasteiger partial charge is 0.466 e. The molecule has 5 nitrogen and oxygen atoms in total. The lowest BCUT2D eigenvalue weighted by Gasteiger charge is -2.07. The predicted octanol–water partition coefficient (Wildman–Crippen LogP) is 0.782. The van der Waals surface area contributed by atoms with E-state index in [9.17, 15) is 13.2 Å². The topological polar surface area (TPSA) is 86.5 Å². The molecule has 7 heteroatoms. The van der Waals surface area contributed by atoms with Crippen molar-refractivity contribution in [1.29, 1.82) is 0 Å². The quantitative estimate of drug-likeness (QED) is 0.720. The number of carbonyl (C=O) groups excluding carboxylic acids is 1. The second-order valence-corrected chi connectivity index (χ2v) is 5.93. The Morgan fingerprint density at radius 3 is 2.50 bits per heavy atom. The van der Waals surface area contributed by atoms with Crippen molar-refractivity contribution in [1.82, 2.24) is 0 Å². The number of sulfone groups is 1. The van der Waals surface area contributed by atoms with Crippen molar-refractivity contribution in [2.24, 2.45) is 5.73 Å². The minimum absolute atomic E-state index is 0.0940. The summed E-state index contributed by atoms with van der Waals surface area (Å²) < 4.78 is 26.9. The van der Waals surface area contributed by atoms with Gasteiger partial charge in [0.25, 0.3) is 0 Å². The van der Waals surface area contributed by atoms with Gasteiger partial charge < -0.3 is 10.5 Å². The molecule has 2 N–H and O–H groups in total. The molecule has 0 saturated heterocycles. The molecule has 0 bridgehead atoms. The van der Waals surface area contributed by atoms with Gasteiger partial charge in [0.1, 0.15) is 4.36 Å². The highest BCUT2D eigenvalue weighted by molar-refractivity contribution is 7.96. The van der Waals surface area contributed by atoms with E-state index in [0.29, 0.717) is 0 Å². The van der Waals surface area contributed by atoms with Gasteiger partial charge in [0, 0.05) is 6.04 Å². The smallest absolute Gasteiger partial charge is 0.307 e. The summed E-state index contributed by atoms with van der Waals surface area (Å²) in [7, 11) is -3.45. The SMILES string of the molecule is CCOC(=O)C[C@H](N)C=C(Cl)S(=O)(=O)CC. The van der Waals surface area contributed by atoms with E-state index in [0.717, 1.165) is 6.08 Å². The van der Waals surface area contributed by atoms with Crippen LogP contribution in [0.15, 0.2) is 10.4 Å². The van der Waals surface area contributed by atoms with Crippen LogP contribution in [0, 0.1) is 0 Å². The molecule has 0 aromatic carbocycles. The molecule has 94 valence electrons. The normalized spacial score (nSPS) is 14.6. The molecule has 0 fully saturated rings. The highest BCUT2D eigenvalue weighted by Gasteiger charge is 2.15. The van der Waals surface area contributed by atoms with Gasteiger partial charge in [-0.05, 0) is 13.0 Å². The molecular weight excluding hydrogens is 254 g/mol. The van der Waals surface area contributed by atoms with Crippen LogP contribution in [0.3, 0.4) is 0 Å². The molecule has 0 saturated carbocycles. The van der Waals surface area contributed by atoms with Crippen LogP contribution in [0.4, 0.5) is 0 Å². The maximum atomic E-state index is 11.3. The third-order valence-corrected chi connectivity index (χ3v) is 4.05. The maximum absolute atomic E-state index is 11.3. The van der Waals surface area contributed by atoms with Crippen LogP contribution in [0.2, 0.25) is 0 Å². The van der Waals surface area contributed by atoms with Gasteiger partial charge in [-0.15, -0.1) is 0 Å². The van der Waals surface area contributed by atoms with Crippen molar-refractivity contribution >= 4 is 27.4 Å². The summed E-state index contributed by atoms with van der Waals surface area (Å²) in [6.07, 6.45) is 1.06. The van der Waals surface area contributed by atoms with Crippen LogP contribution >= 0.6 is 11.6 Å².